The minimum atomic E-state index is -4.14. The van der Waals surface area contributed by atoms with Gasteiger partial charge in [-0.2, -0.15) is 8.42 Å². The summed E-state index contributed by atoms with van der Waals surface area (Å²) in [5, 5.41) is -0.241. The SMILES string of the molecule is CCCCCc1ccc(C(=O)NS(=O)(=O)c2ccccn2)c(Oc2c(C)cc(C)cc2C)n1. The molecule has 0 unspecified atom stereocenters. The van der Waals surface area contributed by atoms with E-state index in [0.29, 0.717) is 5.75 Å². The molecule has 2 aromatic heterocycles. The van der Waals surface area contributed by atoms with Crippen LogP contribution in [0.4, 0.5) is 0 Å². The van der Waals surface area contributed by atoms with Crippen LogP contribution in [-0.2, 0) is 16.4 Å². The molecule has 7 nitrogen and oxygen atoms in total. The lowest BCUT2D eigenvalue weighted by molar-refractivity contribution is 0.0978. The lowest BCUT2D eigenvalue weighted by atomic mass is 10.1. The molecule has 174 valence electrons. The van der Waals surface area contributed by atoms with Gasteiger partial charge in [-0.05, 0) is 69.0 Å². The van der Waals surface area contributed by atoms with Crippen molar-refractivity contribution in [3.63, 3.8) is 0 Å². The monoisotopic (exact) mass is 467 g/mol. The van der Waals surface area contributed by atoms with Crippen LogP contribution in [0, 0.1) is 20.8 Å². The number of nitrogens with one attached hydrogen (secondary N) is 1. The van der Waals surface area contributed by atoms with Crippen LogP contribution in [0.2, 0.25) is 0 Å². The van der Waals surface area contributed by atoms with Crippen LogP contribution in [0.3, 0.4) is 0 Å². The summed E-state index contributed by atoms with van der Waals surface area (Å²) in [5.74, 6) is -0.154. The molecule has 8 heteroatoms. The number of aryl methyl sites for hydroxylation is 4. The minimum absolute atomic E-state index is 0.0353. The predicted molar refractivity (Wildman–Crippen MR) is 127 cm³/mol. The van der Waals surface area contributed by atoms with Gasteiger partial charge in [0.05, 0.1) is 0 Å². The molecule has 0 bridgehead atoms. The molecule has 1 N–H and O–H groups in total. The Labute approximate surface area is 195 Å². The van der Waals surface area contributed by atoms with Crippen molar-refractivity contribution in [2.75, 3.05) is 0 Å². The number of hydrogen-bond acceptors (Lipinski definition) is 6. The standard InChI is InChI=1S/C25H29N3O4S/c1-5-6-7-10-20-12-13-21(24(29)28-33(30,31)22-11-8-9-14-26-22)25(27-20)32-23-18(3)15-17(2)16-19(23)4/h8-9,11-16H,5-7,10H2,1-4H3,(H,28,29). The number of sulfonamides is 1. The van der Waals surface area contributed by atoms with E-state index in [9.17, 15) is 13.2 Å². The molecule has 0 spiro atoms. The maximum absolute atomic E-state index is 13.0. The Morgan fingerprint density at radius 2 is 1.76 bits per heavy atom. The van der Waals surface area contributed by atoms with E-state index in [0.717, 1.165) is 48.1 Å². The smallest absolute Gasteiger partial charge is 0.281 e. The maximum Gasteiger partial charge on any atom is 0.281 e. The van der Waals surface area contributed by atoms with Gasteiger partial charge in [0, 0.05) is 11.9 Å². The van der Waals surface area contributed by atoms with Crippen molar-refractivity contribution in [3.05, 3.63) is 76.6 Å². The third-order valence-corrected chi connectivity index (χ3v) is 6.39. The van der Waals surface area contributed by atoms with E-state index in [1.165, 1.54) is 18.3 Å². The second-order valence-corrected chi connectivity index (χ2v) is 9.67. The van der Waals surface area contributed by atoms with Crippen LogP contribution in [0.1, 0.15) is 58.9 Å². The number of ether oxygens (including phenoxy) is 1. The summed E-state index contributed by atoms with van der Waals surface area (Å²) < 4.78 is 33.4. The highest BCUT2D eigenvalue weighted by molar-refractivity contribution is 7.90. The second-order valence-electron chi connectivity index (χ2n) is 8.04. The van der Waals surface area contributed by atoms with E-state index in [1.807, 2.05) is 32.9 Å². The summed E-state index contributed by atoms with van der Waals surface area (Å²) in [6.07, 6.45) is 5.20. The average molecular weight is 468 g/mol. The van der Waals surface area contributed by atoms with Crippen molar-refractivity contribution in [2.45, 2.75) is 58.4 Å². The molecule has 33 heavy (non-hydrogen) atoms. The summed E-state index contributed by atoms with van der Waals surface area (Å²) in [6.45, 7) is 7.97. The number of carbonyl (C=O) groups excluding carboxylic acids is 1. The molecule has 0 saturated heterocycles. The van der Waals surface area contributed by atoms with Gasteiger partial charge >= 0.3 is 0 Å². The van der Waals surface area contributed by atoms with Gasteiger partial charge in [0.2, 0.25) is 5.88 Å². The van der Waals surface area contributed by atoms with E-state index in [4.69, 9.17) is 4.74 Å². The van der Waals surface area contributed by atoms with Crippen LogP contribution in [-0.4, -0.2) is 24.3 Å². The summed E-state index contributed by atoms with van der Waals surface area (Å²) in [5.41, 5.74) is 3.72. The number of amides is 1. The Morgan fingerprint density at radius 3 is 2.39 bits per heavy atom. The molecule has 2 heterocycles. The number of rotatable bonds is 9. The van der Waals surface area contributed by atoms with Gasteiger partial charge in [-0.15, -0.1) is 0 Å². The zero-order valence-electron chi connectivity index (χ0n) is 19.4. The molecule has 0 saturated carbocycles. The first kappa shape index (κ1) is 24.4. The fourth-order valence-corrected chi connectivity index (χ4v) is 4.50. The zero-order valence-corrected chi connectivity index (χ0v) is 20.2. The lowest BCUT2D eigenvalue weighted by Crippen LogP contribution is -2.31. The fraction of sp³-hybridized carbons (Fsp3) is 0.320. The van der Waals surface area contributed by atoms with Crippen LogP contribution >= 0.6 is 0 Å². The van der Waals surface area contributed by atoms with Gasteiger partial charge in [0.15, 0.2) is 5.03 Å². The van der Waals surface area contributed by atoms with Crippen molar-refractivity contribution in [3.8, 4) is 11.6 Å². The number of nitrogens with zero attached hydrogens (tertiary/aromatic N) is 2. The Hall–Kier alpha value is -3.26. The lowest BCUT2D eigenvalue weighted by Gasteiger charge is -2.16. The molecule has 3 rings (SSSR count). The Bertz CT molecular complexity index is 1220. The highest BCUT2D eigenvalue weighted by Crippen LogP contribution is 2.31. The van der Waals surface area contributed by atoms with Crippen LogP contribution in [0.5, 0.6) is 11.6 Å². The summed E-state index contributed by atoms with van der Waals surface area (Å²) in [6, 6.07) is 11.7. The predicted octanol–water partition coefficient (Wildman–Crippen LogP) is 5.05. The molecule has 0 aliphatic carbocycles. The molecule has 0 aliphatic rings. The number of hydrogen-bond donors (Lipinski definition) is 1. The minimum Gasteiger partial charge on any atom is -0.438 e. The third kappa shape index (κ3) is 6.16. The number of benzene rings is 1. The molecular weight excluding hydrogens is 438 g/mol. The highest BCUT2D eigenvalue weighted by atomic mass is 32.2. The first-order valence-electron chi connectivity index (χ1n) is 10.9. The molecule has 1 aromatic carbocycles. The number of aromatic nitrogens is 2. The number of unbranched alkanes of at least 4 members (excludes halogenated alkanes) is 2. The average Bonchev–Trinajstić information content (AvgIpc) is 2.77. The van der Waals surface area contributed by atoms with Crippen LogP contribution in [0.25, 0.3) is 0 Å². The molecule has 0 aliphatic heterocycles. The first-order valence-corrected chi connectivity index (χ1v) is 12.4. The van der Waals surface area contributed by atoms with Crippen molar-refractivity contribution in [1.82, 2.24) is 14.7 Å². The Morgan fingerprint density at radius 1 is 1.03 bits per heavy atom. The van der Waals surface area contributed by atoms with Gasteiger partial charge < -0.3 is 4.74 Å². The summed E-state index contributed by atoms with van der Waals surface area (Å²) in [7, 11) is -4.14. The van der Waals surface area contributed by atoms with Gasteiger partial charge in [-0.3, -0.25) is 4.79 Å². The van der Waals surface area contributed by atoms with Gasteiger partial charge in [0.25, 0.3) is 15.9 Å². The maximum atomic E-state index is 13.0. The summed E-state index contributed by atoms with van der Waals surface area (Å²) >= 11 is 0. The van der Waals surface area contributed by atoms with Crippen molar-refractivity contribution in [1.29, 1.82) is 0 Å². The fourth-order valence-electron chi connectivity index (χ4n) is 3.58. The van der Waals surface area contributed by atoms with Crippen molar-refractivity contribution < 1.29 is 17.9 Å². The normalized spacial score (nSPS) is 11.3. The Kier molecular flexibility index (Phi) is 7.81. The second kappa shape index (κ2) is 10.6. The van der Waals surface area contributed by atoms with Crippen molar-refractivity contribution >= 4 is 15.9 Å². The topological polar surface area (TPSA) is 98.2 Å². The van der Waals surface area contributed by atoms with Gasteiger partial charge in [0.1, 0.15) is 11.3 Å². The van der Waals surface area contributed by atoms with Crippen molar-refractivity contribution in [2.24, 2.45) is 0 Å². The molecule has 3 aromatic rings. The molecular formula is C25H29N3O4S. The van der Waals surface area contributed by atoms with Crippen LogP contribution < -0.4 is 9.46 Å². The number of pyridine rings is 2. The molecule has 0 atom stereocenters. The van der Waals surface area contributed by atoms with E-state index in [1.54, 1.807) is 18.2 Å². The third-order valence-electron chi connectivity index (χ3n) is 5.14. The first-order chi connectivity index (χ1) is 15.7. The highest BCUT2D eigenvalue weighted by Gasteiger charge is 2.24. The largest absolute Gasteiger partial charge is 0.438 e. The molecule has 1 amide bonds. The van der Waals surface area contributed by atoms with Crippen LogP contribution in [0.15, 0.2) is 53.7 Å². The van der Waals surface area contributed by atoms with Gasteiger partial charge in [-0.1, -0.05) is 43.5 Å². The van der Waals surface area contributed by atoms with E-state index in [2.05, 4.69) is 21.6 Å². The number of carbonyl (C=O) groups is 1. The molecule has 0 radical (unpaired) electrons. The quantitative estimate of drug-likeness (QED) is 0.443. The van der Waals surface area contributed by atoms with Gasteiger partial charge in [-0.25, -0.2) is 14.7 Å². The summed E-state index contributed by atoms with van der Waals surface area (Å²) in [4.78, 5) is 21.4. The molecule has 0 fully saturated rings. The zero-order chi connectivity index (χ0) is 24.0. The van der Waals surface area contributed by atoms with E-state index >= 15 is 0 Å². The van der Waals surface area contributed by atoms with E-state index in [-0.39, 0.29) is 16.5 Å². The Balaban J connectivity index is 1.97. The van der Waals surface area contributed by atoms with E-state index < -0.39 is 15.9 Å².